The van der Waals surface area contributed by atoms with Gasteiger partial charge in [-0.15, -0.1) is 0 Å². The number of carbonyl (C=O) groups excluding carboxylic acids is 1. The van der Waals surface area contributed by atoms with Crippen LogP contribution in [0.5, 0.6) is 5.75 Å². The number of hydrogen-bond donors (Lipinski definition) is 2. The molecule has 2 N–H and O–H groups in total. The summed E-state index contributed by atoms with van der Waals surface area (Å²) in [5.74, 6) is 0.539. The van der Waals surface area contributed by atoms with Crippen LogP contribution in [0.2, 0.25) is 0 Å². The lowest BCUT2D eigenvalue weighted by molar-refractivity contribution is -0.114. The molecule has 0 atom stereocenters. The Labute approximate surface area is 119 Å². The first-order valence-corrected chi connectivity index (χ1v) is 7.31. The summed E-state index contributed by atoms with van der Waals surface area (Å²) in [6, 6.07) is 4.02. The molecule has 19 heavy (non-hydrogen) atoms. The Morgan fingerprint density at radius 3 is 2.26 bits per heavy atom. The van der Waals surface area contributed by atoms with Gasteiger partial charge in [-0.2, -0.15) is 0 Å². The summed E-state index contributed by atoms with van der Waals surface area (Å²) in [4.78, 5) is 11.3. The number of anilines is 2. The predicted molar refractivity (Wildman–Crippen MR) is 83.1 cm³/mol. The molecule has 1 aromatic rings. The van der Waals surface area contributed by atoms with Gasteiger partial charge >= 0.3 is 0 Å². The molecule has 0 saturated heterocycles. The molecule has 0 bridgehead atoms. The molecular formula is C14H22N2O2S. The van der Waals surface area contributed by atoms with Crippen LogP contribution in [0.3, 0.4) is 0 Å². The summed E-state index contributed by atoms with van der Waals surface area (Å²) >= 11 is 1.49. The molecule has 0 radical (unpaired) electrons. The lowest BCUT2D eigenvalue weighted by Crippen LogP contribution is -2.14. The first kappa shape index (κ1) is 15.7. The fourth-order valence-corrected chi connectivity index (χ4v) is 2.12. The van der Waals surface area contributed by atoms with Crippen LogP contribution in [-0.2, 0) is 10.2 Å². The van der Waals surface area contributed by atoms with Crippen LogP contribution in [0, 0.1) is 0 Å². The summed E-state index contributed by atoms with van der Waals surface area (Å²) in [5.41, 5.74) is 2.69. The van der Waals surface area contributed by atoms with E-state index in [1.54, 1.807) is 7.11 Å². The lowest BCUT2D eigenvalue weighted by Gasteiger charge is -2.23. The average Bonchev–Trinajstić information content (AvgIpc) is 2.27. The van der Waals surface area contributed by atoms with E-state index in [2.05, 4.69) is 36.9 Å². The van der Waals surface area contributed by atoms with E-state index >= 15 is 0 Å². The molecular weight excluding hydrogens is 260 g/mol. The maximum absolute atomic E-state index is 11.3. The molecule has 0 heterocycles. The number of ether oxygens (including phenoxy) is 1. The van der Waals surface area contributed by atoms with Crippen LogP contribution < -0.4 is 14.8 Å². The highest BCUT2D eigenvalue weighted by Crippen LogP contribution is 2.39. The quantitative estimate of drug-likeness (QED) is 0.828. The third kappa shape index (κ3) is 4.06. The zero-order valence-corrected chi connectivity index (χ0v) is 13.2. The molecule has 0 saturated carbocycles. The fraction of sp³-hybridized carbons (Fsp3) is 0.500. The van der Waals surface area contributed by atoms with E-state index in [0.717, 1.165) is 11.3 Å². The molecule has 4 nitrogen and oxygen atoms in total. The van der Waals surface area contributed by atoms with Crippen molar-refractivity contribution in [3.63, 3.8) is 0 Å². The largest absolute Gasteiger partial charge is 0.492 e. The number of carbonyl (C=O) groups is 1. The average molecular weight is 282 g/mol. The van der Waals surface area contributed by atoms with E-state index < -0.39 is 0 Å². The molecule has 5 heteroatoms. The van der Waals surface area contributed by atoms with Crippen LogP contribution >= 0.6 is 11.9 Å². The number of nitrogens with one attached hydrogen (secondary N) is 2. The molecule has 0 fully saturated rings. The smallest absolute Gasteiger partial charge is 0.221 e. The van der Waals surface area contributed by atoms with Gasteiger partial charge in [-0.1, -0.05) is 32.7 Å². The van der Waals surface area contributed by atoms with Gasteiger partial charge in [-0.05, 0) is 23.1 Å². The minimum Gasteiger partial charge on any atom is -0.492 e. The Morgan fingerprint density at radius 1 is 1.26 bits per heavy atom. The first-order chi connectivity index (χ1) is 8.79. The van der Waals surface area contributed by atoms with Crippen molar-refractivity contribution in [2.75, 3.05) is 23.4 Å². The maximum Gasteiger partial charge on any atom is 0.221 e. The summed E-state index contributed by atoms with van der Waals surface area (Å²) < 4.78 is 8.60. The van der Waals surface area contributed by atoms with Crippen molar-refractivity contribution in [3.05, 3.63) is 17.7 Å². The maximum atomic E-state index is 11.3. The molecule has 0 aliphatic heterocycles. The lowest BCUT2D eigenvalue weighted by atomic mass is 9.86. The van der Waals surface area contributed by atoms with Gasteiger partial charge in [0.1, 0.15) is 0 Å². The number of amides is 1. The number of hydrogen-bond acceptors (Lipinski definition) is 4. The summed E-state index contributed by atoms with van der Waals surface area (Å²) in [5, 5.41) is 2.82. The van der Waals surface area contributed by atoms with Gasteiger partial charge in [0.25, 0.3) is 0 Å². The normalized spacial score (nSPS) is 11.1. The third-order valence-electron chi connectivity index (χ3n) is 2.68. The first-order valence-electron chi connectivity index (χ1n) is 6.08. The van der Waals surface area contributed by atoms with Gasteiger partial charge in [-0.3, -0.25) is 4.79 Å². The molecule has 0 spiro atoms. The van der Waals surface area contributed by atoms with E-state index in [1.165, 1.54) is 18.9 Å². The van der Waals surface area contributed by atoms with Gasteiger partial charge < -0.3 is 14.8 Å². The van der Waals surface area contributed by atoms with E-state index in [0.29, 0.717) is 11.4 Å². The minimum absolute atomic E-state index is 0.00563. The zero-order valence-electron chi connectivity index (χ0n) is 12.4. The van der Waals surface area contributed by atoms with E-state index in [1.807, 2.05) is 12.3 Å². The topological polar surface area (TPSA) is 50.4 Å². The van der Waals surface area contributed by atoms with Crippen LogP contribution in [0.1, 0.15) is 33.3 Å². The molecule has 1 rings (SSSR count). The van der Waals surface area contributed by atoms with Gasteiger partial charge in [0, 0.05) is 13.2 Å². The Hall–Kier alpha value is -1.36. The van der Waals surface area contributed by atoms with Crippen molar-refractivity contribution in [1.29, 1.82) is 0 Å². The highest BCUT2D eigenvalue weighted by molar-refractivity contribution is 7.99. The second-order valence-electron chi connectivity index (χ2n) is 5.34. The van der Waals surface area contributed by atoms with Crippen molar-refractivity contribution in [1.82, 2.24) is 0 Å². The molecule has 106 valence electrons. The standard InChI is InChI=1S/C14H22N2O2S/c1-9(17)15-11-7-10(14(2,3)4)8-12(16-19-6)13(11)18-5/h7-8,16H,1-6H3,(H,15,17). The van der Waals surface area contributed by atoms with Crippen molar-refractivity contribution >= 4 is 29.2 Å². The van der Waals surface area contributed by atoms with Crippen molar-refractivity contribution in [2.24, 2.45) is 0 Å². The summed E-state index contributed by atoms with van der Waals surface area (Å²) in [6.07, 6.45) is 1.95. The minimum atomic E-state index is -0.112. The Balaban J connectivity index is 3.40. The number of rotatable bonds is 4. The van der Waals surface area contributed by atoms with Crippen LogP contribution in [0.4, 0.5) is 11.4 Å². The van der Waals surface area contributed by atoms with E-state index in [9.17, 15) is 4.79 Å². The summed E-state index contributed by atoms with van der Waals surface area (Å²) in [6.45, 7) is 7.89. The second-order valence-corrected chi connectivity index (χ2v) is 5.95. The molecule has 1 aromatic carbocycles. The predicted octanol–water partition coefficient (Wildman–Crippen LogP) is 3.64. The summed E-state index contributed by atoms with van der Waals surface area (Å²) in [7, 11) is 1.60. The second kappa shape index (κ2) is 6.19. The van der Waals surface area contributed by atoms with Crippen molar-refractivity contribution < 1.29 is 9.53 Å². The number of methoxy groups -OCH3 is 1. The zero-order chi connectivity index (χ0) is 14.6. The van der Waals surface area contributed by atoms with Gasteiger partial charge in [0.15, 0.2) is 5.75 Å². The third-order valence-corrected chi connectivity index (χ3v) is 3.11. The number of benzene rings is 1. The fourth-order valence-electron chi connectivity index (χ4n) is 1.75. The van der Waals surface area contributed by atoms with Crippen LogP contribution in [0.15, 0.2) is 12.1 Å². The van der Waals surface area contributed by atoms with Gasteiger partial charge in [0.2, 0.25) is 5.91 Å². The van der Waals surface area contributed by atoms with Gasteiger partial charge in [0.05, 0.1) is 18.5 Å². The van der Waals surface area contributed by atoms with Crippen molar-refractivity contribution in [3.8, 4) is 5.75 Å². The van der Waals surface area contributed by atoms with Crippen LogP contribution in [-0.4, -0.2) is 19.3 Å². The highest BCUT2D eigenvalue weighted by atomic mass is 32.2. The Bertz CT molecular complexity index is 467. The van der Waals surface area contributed by atoms with E-state index in [4.69, 9.17) is 4.74 Å². The van der Waals surface area contributed by atoms with Gasteiger partial charge in [-0.25, -0.2) is 0 Å². The monoisotopic (exact) mass is 282 g/mol. The SMILES string of the molecule is COc1c(NSC)cc(C(C)(C)C)cc1NC(C)=O. The van der Waals surface area contributed by atoms with E-state index in [-0.39, 0.29) is 11.3 Å². The highest BCUT2D eigenvalue weighted by Gasteiger charge is 2.20. The Morgan fingerprint density at radius 2 is 1.84 bits per heavy atom. The molecule has 0 aromatic heterocycles. The van der Waals surface area contributed by atoms with Crippen LogP contribution in [0.25, 0.3) is 0 Å². The molecule has 1 amide bonds. The van der Waals surface area contributed by atoms with Crippen molar-refractivity contribution in [2.45, 2.75) is 33.1 Å². The molecule has 0 aliphatic rings. The Kier molecular flexibility index (Phi) is 5.11. The molecule has 0 unspecified atom stereocenters. The molecule has 0 aliphatic carbocycles.